The molecule has 2 aromatic carbocycles. The minimum absolute atomic E-state index is 0.0671. The molecule has 2 aromatic rings. The molecule has 0 N–H and O–H groups in total. The molecule has 0 radical (unpaired) electrons. The first-order valence-corrected chi connectivity index (χ1v) is 12.0. The summed E-state index contributed by atoms with van der Waals surface area (Å²) in [6, 6.07) is 8.49. The lowest BCUT2D eigenvalue weighted by Gasteiger charge is -2.36. The van der Waals surface area contributed by atoms with E-state index in [9.17, 15) is 21.6 Å². The largest absolute Gasteiger partial charge is 0.493 e. The van der Waals surface area contributed by atoms with Gasteiger partial charge in [-0.05, 0) is 50.1 Å². The number of ether oxygens (including phenoxy) is 2. The molecule has 3 rings (SSSR count). The predicted octanol–water partition coefficient (Wildman–Crippen LogP) is 4.32. The zero-order chi connectivity index (χ0) is 24.4. The maximum absolute atomic E-state index is 13.3. The highest BCUT2D eigenvalue weighted by Gasteiger charge is 2.33. The number of methoxy groups -OCH3 is 2. The van der Waals surface area contributed by atoms with Gasteiger partial charge in [-0.15, -0.1) is 0 Å². The summed E-state index contributed by atoms with van der Waals surface area (Å²) < 4.78 is 77.5. The minimum Gasteiger partial charge on any atom is -0.493 e. The summed E-state index contributed by atoms with van der Waals surface area (Å²) in [4.78, 5) is 2.16. The maximum atomic E-state index is 13.3. The van der Waals surface area contributed by atoms with Crippen LogP contribution >= 0.6 is 0 Å². The first-order valence-electron chi connectivity index (χ1n) is 10.6. The highest BCUT2D eigenvalue weighted by Crippen LogP contribution is 2.35. The van der Waals surface area contributed by atoms with Gasteiger partial charge in [0, 0.05) is 31.7 Å². The Balaban J connectivity index is 1.68. The number of rotatable bonds is 7. The third-order valence-corrected chi connectivity index (χ3v) is 8.07. The summed E-state index contributed by atoms with van der Waals surface area (Å²) in [5.74, 6) is 0.807. The van der Waals surface area contributed by atoms with E-state index in [1.807, 2.05) is 11.9 Å². The number of alkyl halides is 3. The van der Waals surface area contributed by atoms with Gasteiger partial charge in [-0.1, -0.05) is 18.2 Å². The summed E-state index contributed by atoms with van der Waals surface area (Å²) in [7, 11) is 1.07. The molecular weight excluding hydrogens is 457 g/mol. The molecule has 1 aliphatic rings. The number of hydrogen-bond acceptors (Lipinski definition) is 5. The standard InChI is InChI=1S/C23H29F3N2O4S/c1-16-12-20(31-3)21(32-4)14-22(16)33(29,30)28-10-8-19(9-11-28)27(2)15-17-6-5-7-18(13-17)23(24,25)26/h5-7,12-14,19H,8-11,15H2,1-4H3. The van der Waals surface area contributed by atoms with Crippen LogP contribution in [0.1, 0.15) is 29.5 Å². The van der Waals surface area contributed by atoms with E-state index in [1.54, 1.807) is 19.1 Å². The van der Waals surface area contributed by atoms with Gasteiger partial charge < -0.3 is 9.47 Å². The van der Waals surface area contributed by atoms with Crippen molar-refractivity contribution in [2.75, 3.05) is 34.4 Å². The second-order valence-corrected chi connectivity index (χ2v) is 10.1. The van der Waals surface area contributed by atoms with Gasteiger partial charge in [0.25, 0.3) is 0 Å². The van der Waals surface area contributed by atoms with Gasteiger partial charge >= 0.3 is 6.18 Å². The van der Waals surface area contributed by atoms with Crippen LogP contribution < -0.4 is 9.47 Å². The summed E-state index contributed by atoms with van der Waals surface area (Å²) >= 11 is 0. The monoisotopic (exact) mass is 486 g/mol. The average molecular weight is 487 g/mol. The second kappa shape index (κ2) is 9.90. The van der Waals surface area contributed by atoms with Crippen LogP contribution in [0, 0.1) is 6.92 Å². The third-order valence-electron chi connectivity index (χ3n) is 6.03. The summed E-state index contributed by atoms with van der Waals surface area (Å²) in [5.41, 5.74) is 0.472. The van der Waals surface area contributed by atoms with Crippen molar-refractivity contribution in [2.45, 2.75) is 43.4 Å². The maximum Gasteiger partial charge on any atom is 0.416 e. The lowest BCUT2D eigenvalue weighted by atomic mass is 10.0. The van der Waals surface area contributed by atoms with Gasteiger partial charge in [0.05, 0.1) is 24.7 Å². The Kier molecular flexibility index (Phi) is 7.60. The van der Waals surface area contributed by atoms with Gasteiger partial charge in [0.1, 0.15) is 0 Å². The Hall–Kier alpha value is -2.30. The molecule has 0 spiro atoms. The SMILES string of the molecule is COc1cc(C)c(S(=O)(=O)N2CCC(N(C)Cc3cccc(C(F)(F)F)c3)CC2)cc1OC. The number of nitrogens with zero attached hydrogens (tertiary/aromatic N) is 2. The van der Waals surface area contributed by atoms with E-state index in [2.05, 4.69) is 0 Å². The molecule has 6 nitrogen and oxygen atoms in total. The molecule has 10 heteroatoms. The van der Waals surface area contributed by atoms with Crippen LogP contribution in [0.3, 0.4) is 0 Å². The van der Waals surface area contributed by atoms with Crippen LogP contribution in [-0.2, 0) is 22.7 Å². The van der Waals surface area contributed by atoms with E-state index in [1.165, 1.54) is 30.7 Å². The molecule has 0 saturated carbocycles. The zero-order valence-corrected chi connectivity index (χ0v) is 20.0. The Bertz CT molecular complexity index is 1080. The number of piperidine rings is 1. The van der Waals surface area contributed by atoms with Crippen molar-refractivity contribution in [1.82, 2.24) is 9.21 Å². The van der Waals surface area contributed by atoms with E-state index < -0.39 is 21.8 Å². The van der Waals surface area contributed by atoms with E-state index >= 15 is 0 Å². The van der Waals surface area contributed by atoms with Gasteiger partial charge in [0.15, 0.2) is 11.5 Å². The fourth-order valence-corrected chi connectivity index (χ4v) is 5.86. The molecule has 0 bridgehead atoms. The van der Waals surface area contributed by atoms with Crippen LogP contribution in [0.15, 0.2) is 41.3 Å². The second-order valence-electron chi connectivity index (χ2n) is 8.22. The molecule has 1 fully saturated rings. The molecule has 0 aromatic heterocycles. The fraction of sp³-hybridized carbons (Fsp3) is 0.478. The van der Waals surface area contributed by atoms with Crippen molar-refractivity contribution >= 4 is 10.0 Å². The molecule has 1 saturated heterocycles. The topological polar surface area (TPSA) is 59.1 Å². The minimum atomic E-state index is -4.38. The summed E-state index contributed by atoms with van der Waals surface area (Å²) in [6.45, 7) is 2.72. The number of sulfonamides is 1. The Morgan fingerprint density at radius 1 is 1.06 bits per heavy atom. The van der Waals surface area contributed by atoms with Crippen LogP contribution in [0.4, 0.5) is 13.2 Å². The number of halogens is 3. The molecule has 182 valence electrons. The van der Waals surface area contributed by atoms with Crippen LogP contribution in [0.2, 0.25) is 0 Å². The zero-order valence-electron chi connectivity index (χ0n) is 19.1. The quantitative estimate of drug-likeness (QED) is 0.584. The summed E-state index contributed by atoms with van der Waals surface area (Å²) in [6.07, 6.45) is -3.21. The van der Waals surface area contributed by atoms with Crippen LogP contribution in [0.5, 0.6) is 11.5 Å². The van der Waals surface area contributed by atoms with Crippen molar-refractivity contribution in [1.29, 1.82) is 0 Å². The van der Waals surface area contributed by atoms with Gasteiger partial charge in [0.2, 0.25) is 10.0 Å². The Morgan fingerprint density at radius 2 is 1.67 bits per heavy atom. The molecule has 1 aliphatic heterocycles. The highest BCUT2D eigenvalue weighted by molar-refractivity contribution is 7.89. The first-order chi connectivity index (χ1) is 15.5. The van der Waals surface area contributed by atoms with E-state index in [4.69, 9.17) is 9.47 Å². The smallest absolute Gasteiger partial charge is 0.416 e. The van der Waals surface area contributed by atoms with Gasteiger partial charge in [-0.3, -0.25) is 4.90 Å². The normalized spacial score (nSPS) is 16.2. The van der Waals surface area contributed by atoms with E-state index in [0.29, 0.717) is 55.1 Å². The van der Waals surface area contributed by atoms with Crippen molar-refractivity contribution < 1.29 is 31.1 Å². The number of hydrogen-bond donors (Lipinski definition) is 0. The average Bonchev–Trinajstić information content (AvgIpc) is 2.78. The molecule has 0 atom stereocenters. The van der Waals surface area contributed by atoms with Crippen molar-refractivity contribution in [3.05, 3.63) is 53.1 Å². The van der Waals surface area contributed by atoms with Crippen molar-refractivity contribution in [3.63, 3.8) is 0 Å². The van der Waals surface area contributed by atoms with Crippen molar-refractivity contribution in [2.24, 2.45) is 0 Å². The Morgan fingerprint density at radius 3 is 2.24 bits per heavy atom. The van der Waals surface area contributed by atoms with Crippen molar-refractivity contribution in [3.8, 4) is 11.5 Å². The highest BCUT2D eigenvalue weighted by atomic mass is 32.2. The first kappa shape index (κ1) is 25.3. The molecule has 0 unspecified atom stereocenters. The lowest BCUT2D eigenvalue weighted by molar-refractivity contribution is -0.137. The Labute approximate surface area is 193 Å². The van der Waals surface area contributed by atoms with Gasteiger partial charge in [-0.25, -0.2) is 8.42 Å². The van der Waals surface area contributed by atoms with Crippen LogP contribution in [-0.4, -0.2) is 58.0 Å². The van der Waals surface area contributed by atoms with Gasteiger partial charge in [-0.2, -0.15) is 17.5 Å². The van der Waals surface area contributed by atoms with E-state index in [0.717, 1.165) is 12.1 Å². The molecule has 33 heavy (non-hydrogen) atoms. The third kappa shape index (κ3) is 5.62. The fourth-order valence-electron chi connectivity index (χ4n) is 4.17. The molecule has 0 aliphatic carbocycles. The van der Waals surface area contributed by atoms with Crippen LogP contribution in [0.25, 0.3) is 0 Å². The molecular formula is C23H29F3N2O4S. The summed E-state index contributed by atoms with van der Waals surface area (Å²) in [5, 5.41) is 0. The predicted molar refractivity (Wildman–Crippen MR) is 119 cm³/mol. The number of benzene rings is 2. The molecule has 0 amide bonds. The molecule has 1 heterocycles. The number of aryl methyl sites for hydroxylation is 1. The lowest BCUT2D eigenvalue weighted by Crippen LogP contribution is -2.45. The van der Waals surface area contributed by atoms with E-state index in [-0.39, 0.29) is 10.9 Å².